The molecular weight excluding hydrogens is 371 g/mol. The second kappa shape index (κ2) is 8.48. The van der Waals surface area contributed by atoms with Gasteiger partial charge < -0.3 is 5.32 Å². The van der Waals surface area contributed by atoms with Crippen LogP contribution in [0.25, 0.3) is 0 Å². The van der Waals surface area contributed by atoms with Crippen LogP contribution in [0, 0.1) is 0 Å². The van der Waals surface area contributed by atoms with E-state index in [-0.39, 0.29) is 12.3 Å². The van der Waals surface area contributed by atoms with E-state index in [4.69, 9.17) is 23.2 Å². The second-order valence-corrected chi connectivity index (χ2v) is 7.82. The highest BCUT2D eigenvalue weighted by atomic mass is 35.5. The molecule has 0 bridgehead atoms. The van der Waals surface area contributed by atoms with E-state index >= 15 is 0 Å². The number of aryl methyl sites for hydroxylation is 1. The molecule has 2 aromatic rings. The van der Waals surface area contributed by atoms with E-state index in [2.05, 4.69) is 10.0 Å². The van der Waals surface area contributed by atoms with Gasteiger partial charge in [0.05, 0.1) is 23.0 Å². The zero-order valence-electron chi connectivity index (χ0n) is 12.6. The molecule has 0 saturated carbocycles. The Morgan fingerprint density at radius 1 is 1.04 bits per heavy atom. The lowest BCUT2D eigenvalue weighted by Crippen LogP contribution is -2.34. The van der Waals surface area contributed by atoms with Crippen LogP contribution < -0.4 is 10.0 Å². The highest BCUT2D eigenvalue weighted by Crippen LogP contribution is 2.25. The molecule has 0 aliphatic rings. The fourth-order valence-electron chi connectivity index (χ4n) is 1.93. The number of nitrogens with one attached hydrogen (secondary N) is 2. The number of sulfonamides is 1. The number of benzene rings is 2. The molecule has 5 nitrogen and oxygen atoms in total. The first-order valence-electron chi connectivity index (χ1n) is 7.12. The molecule has 0 aliphatic carbocycles. The lowest BCUT2D eigenvalue weighted by atomic mass is 10.2. The molecule has 0 heterocycles. The standard InChI is InChI=1S/C16H16Cl2N2O3S/c17-13-6-7-14(18)15(10-13)20-16(21)11-19-24(22,23)9-8-12-4-2-1-3-5-12/h1-7,10,19H,8-9,11H2,(H,20,21). The molecule has 24 heavy (non-hydrogen) atoms. The molecule has 0 aliphatic heterocycles. The number of hydrogen-bond donors (Lipinski definition) is 2. The van der Waals surface area contributed by atoms with Gasteiger partial charge in [-0.25, -0.2) is 13.1 Å². The molecule has 2 rings (SSSR count). The molecule has 0 fully saturated rings. The topological polar surface area (TPSA) is 75.3 Å². The van der Waals surface area contributed by atoms with E-state index in [1.54, 1.807) is 12.1 Å². The number of halogens is 2. The number of carbonyl (C=O) groups excluding carboxylic acids is 1. The van der Waals surface area contributed by atoms with Crippen LogP contribution in [0.15, 0.2) is 48.5 Å². The predicted molar refractivity (Wildman–Crippen MR) is 97.0 cm³/mol. The average Bonchev–Trinajstić information content (AvgIpc) is 2.56. The lowest BCUT2D eigenvalue weighted by Gasteiger charge is -2.09. The quantitative estimate of drug-likeness (QED) is 0.767. The summed E-state index contributed by atoms with van der Waals surface area (Å²) in [6.07, 6.45) is 0.373. The molecule has 0 atom stereocenters. The van der Waals surface area contributed by atoms with E-state index < -0.39 is 15.9 Å². The monoisotopic (exact) mass is 386 g/mol. The Kier molecular flexibility index (Phi) is 6.62. The predicted octanol–water partition coefficient (Wildman–Crippen LogP) is 3.09. The highest BCUT2D eigenvalue weighted by molar-refractivity contribution is 7.89. The Balaban J connectivity index is 1.85. The van der Waals surface area contributed by atoms with Gasteiger partial charge in [0.2, 0.25) is 15.9 Å². The van der Waals surface area contributed by atoms with Crippen LogP contribution in [-0.2, 0) is 21.2 Å². The summed E-state index contributed by atoms with van der Waals surface area (Å²) < 4.78 is 26.2. The van der Waals surface area contributed by atoms with Crippen LogP contribution in [0.2, 0.25) is 10.0 Å². The van der Waals surface area contributed by atoms with E-state index in [0.29, 0.717) is 22.2 Å². The first-order chi connectivity index (χ1) is 11.4. The SMILES string of the molecule is O=C(CNS(=O)(=O)CCc1ccccc1)Nc1cc(Cl)ccc1Cl. The minimum atomic E-state index is -3.56. The molecule has 0 aromatic heterocycles. The van der Waals surface area contributed by atoms with E-state index in [1.165, 1.54) is 6.07 Å². The molecule has 2 aromatic carbocycles. The van der Waals surface area contributed by atoms with Gasteiger partial charge in [0, 0.05) is 5.02 Å². The Morgan fingerprint density at radius 3 is 2.46 bits per heavy atom. The highest BCUT2D eigenvalue weighted by Gasteiger charge is 2.13. The molecule has 8 heteroatoms. The van der Waals surface area contributed by atoms with Crippen LogP contribution in [0.3, 0.4) is 0 Å². The fourth-order valence-corrected chi connectivity index (χ4v) is 3.27. The summed E-state index contributed by atoms with van der Waals surface area (Å²) in [7, 11) is -3.56. The van der Waals surface area contributed by atoms with Gasteiger partial charge >= 0.3 is 0 Å². The number of rotatable bonds is 7. The van der Waals surface area contributed by atoms with Crippen LogP contribution in [0.1, 0.15) is 5.56 Å². The summed E-state index contributed by atoms with van der Waals surface area (Å²) >= 11 is 11.8. The first kappa shape index (κ1) is 18.7. The van der Waals surface area contributed by atoms with Crippen LogP contribution >= 0.6 is 23.2 Å². The molecular formula is C16H16Cl2N2O3S. The molecule has 1 amide bonds. The van der Waals surface area contributed by atoms with Gasteiger partial charge in [-0.05, 0) is 30.2 Å². The van der Waals surface area contributed by atoms with E-state index in [0.717, 1.165) is 5.56 Å². The molecule has 0 radical (unpaired) electrons. The Hall–Kier alpha value is -1.60. The molecule has 0 saturated heterocycles. The van der Waals surface area contributed by atoms with Crippen LogP contribution in [0.5, 0.6) is 0 Å². The summed E-state index contributed by atoms with van der Waals surface area (Å²) in [6, 6.07) is 13.9. The van der Waals surface area contributed by atoms with Crippen molar-refractivity contribution in [1.82, 2.24) is 4.72 Å². The minimum Gasteiger partial charge on any atom is -0.324 e. The van der Waals surface area contributed by atoms with Gasteiger partial charge in [-0.1, -0.05) is 53.5 Å². The Labute approximate surface area is 151 Å². The number of carbonyl (C=O) groups is 1. The zero-order valence-corrected chi connectivity index (χ0v) is 15.0. The molecule has 128 valence electrons. The lowest BCUT2D eigenvalue weighted by molar-refractivity contribution is -0.115. The summed E-state index contributed by atoms with van der Waals surface area (Å²) in [5, 5.41) is 3.25. The molecule has 0 spiro atoms. The maximum atomic E-state index is 11.9. The third-order valence-electron chi connectivity index (χ3n) is 3.16. The van der Waals surface area contributed by atoms with Crippen molar-refractivity contribution in [2.45, 2.75) is 6.42 Å². The maximum absolute atomic E-state index is 11.9. The van der Waals surface area contributed by atoms with Gasteiger partial charge in [-0.15, -0.1) is 0 Å². The Bertz CT molecular complexity index is 811. The van der Waals surface area contributed by atoms with Crippen LogP contribution in [-0.4, -0.2) is 26.6 Å². The van der Waals surface area contributed by atoms with Gasteiger partial charge in [-0.3, -0.25) is 4.79 Å². The van der Waals surface area contributed by atoms with Gasteiger partial charge in [-0.2, -0.15) is 0 Å². The van der Waals surface area contributed by atoms with Crippen molar-refractivity contribution in [3.63, 3.8) is 0 Å². The summed E-state index contributed by atoms with van der Waals surface area (Å²) in [5.41, 5.74) is 1.25. The van der Waals surface area contributed by atoms with Crippen molar-refractivity contribution < 1.29 is 13.2 Å². The first-order valence-corrected chi connectivity index (χ1v) is 9.53. The van der Waals surface area contributed by atoms with Crippen LogP contribution in [0.4, 0.5) is 5.69 Å². The Morgan fingerprint density at radius 2 is 1.75 bits per heavy atom. The van der Waals surface area contributed by atoms with Crippen molar-refractivity contribution >= 4 is 44.8 Å². The smallest absolute Gasteiger partial charge is 0.239 e. The third-order valence-corrected chi connectivity index (χ3v) is 5.05. The molecule has 2 N–H and O–H groups in total. The molecule has 0 unspecified atom stereocenters. The summed E-state index contributed by atoms with van der Waals surface area (Å²) in [6.45, 7) is -0.375. The van der Waals surface area contributed by atoms with Crippen molar-refractivity contribution in [1.29, 1.82) is 0 Å². The van der Waals surface area contributed by atoms with Crippen molar-refractivity contribution in [2.75, 3.05) is 17.6 Å². The van der Waals surface area contributed by atoms with Gasteiger partial charge in [0.25, 0.3) is 0 Å². The van der Waals surface area contributed by atoms with Crippen molar-refractivity contribution in [2.24, 2.45) is 0 Å². The number of hydrogen-bond acceptors (Lipinski definition) is 3. The van der Waals surface area contributed by atoms with Crippen molar-refractivity contribution in [3.05, 3.63) is 64.1 Å². The third kappa shape index (κ3) is 6.13. The maximum Gasteiger partial charge on any atom is 0.239 e. The van der Waals surface area contributed by atoms with E-state index in [9.17, 15) is 13.2 Å². The van der Waals surface area contributed by atoms with Gasteiger partial charge in [0.15, 0.2) is 0 Å². The second-order valence-electron chi connectivity index (χ2n) is 5.05. The average molecular weight is 387 g/mol. The largest absolute Gasteiger partial charge is 0.324 e. The number of amides is 1. The van der Waals surface area contributed by atoms with E-state index in [1.807, 2.05) is 30.3 Å². The summed E-state index contributed by atoms with van der Waals surface area (Å²) in [5.74, 6) is -0.621. The number of anilines is 1. The zero-order chi connectivity index (χ0) is 17.6. The fraction of sp³-hybridized carbons (Fsp3) is 0.188. The minimum absolute atomic E-state index is 0.0950. The summed E-state index contributed by atoms with van der Waals surface area (Å²) in [4.78, 5) is 11.9. The normalized spacial score (nSPS) is 11.2. The van der Waals surface area contributed by atoms with Gasteiger partial charge in [0.1, 0.15) is 0 Å². The van der Waals surface area contributed by atoms with Crippen molar-refractivity contribution in [3.8, 4) is 0 Å².